The molecule has 12 nitrogen and oxygen atoms in total. The first-order valence-electron chi connectivity index (χ1n) is 14.3. The van der Waals surface area contributed by atoms with Crippen LogP contribution in [0.5, 0.6) is 28.7 Å². The Morgan fingerprint density at radius 2 is 1.61 bits per heavy atom. The molecule has 4 unspecified atom stereocenters. The van der Waals surface area contributed by atoms with Crippen molar-refractivity contribution in [3.63, 3.8) is 0 Å². The third-order valence-corrected chi connectivity index (χ3v) is 9.68. The summed E-state index contributed by atoms with van der Waals surface area (Å²) in [6, 6.07) is 7.20. The summed E-state index contributed by atoms with van der Waals surface area (Å²) < 4.78 is 45.7. The molecule has 0 aromatic heterocycles. The van der Waals surface area contributed by atoms with Crippen LogP contribution in [-0.2, 0) is 33.3 Å². The molecule has 236 valence electrons. The number of halogens is 1. The lowest BCUT2D eigenvalue weighted by Crippen LogP contribution is -2.53. The van der Waals surface area contributed by atoms with Crippen LogP contribution in [0.4, 0.5) is 0 Å². The number of cyclic esters (lactones) is 1. The third-order valence-electron chi connectivity index (χ3n) is 8.79. The van der Waals surface area contributed by atoms with E-state index in [0.717, 1.165) is 11.1 Å². The van der Waals surface area contributed by atoms with Crippen LogP contribution < -0.4 is 18.9 Å². The molecule has 2 aromatic rings. The SMILES string of the molecule is COc1cc(C2c3cc4c(cc3C([C@H]3O[C@H](COC(C)=O)[C@@H](OC(C)=O)C[C@H]3Br)C3COC(=O)C23)OCO4)cc(OC)c1O. The van der Waals surface area contributed by atoms with Crippen LogP contribution in [0.25, 0.3) is 0 Å². The zero-order chi connectivity index (χ0) is 31.3. The number of methoxy groups -OCH3 is 2. The Labute approximate surface area is 261 Å². The minimum absolute atomic E-state index is 0.0544. The van der Waals surface area contributed by atoms with E-state index in [-0.39, 0.29) is 59.9 Å². The summed E-state index contributed by atoms with van der Waals surface area (Å²) in [4.78, 5) is 36.9. The Kier molecular flexibility index (Phi) is 8.27. The number of alkyl halides is 1. The molecule has 4 aliphatic rings. The number of phenols is 1. The predicted molar refractivity (Wildman–Crippen MR) is 154 cm³/mol. The summed E-state index contributed by atoms with van der Waals surface area (Å²) >= 11 is 3.79. The van der Waals surface area contributed by atoms with Crippen LogP contribution in [0, 0.1) is 11.8 Å². The van der Waals surface area contributed by atoms with Crippen LogP contribution >= 0.6 is 15.9 Å². The summed E-state index contributed by atoms with van der Waals surface area (Å²) in [5.74, 6) is -1.83. The van der Waals surface area contributed by atoms with Gasteiger partial charge in [-0.15, -0.1) is 0 Å². The van der Waals surface area contributed by atoms with E-state index < -0.39 is 42.1 Å². The van der Waals surface area contributed by atoms with Gasteiger partial charge in [0.05, 0.1) is 32.8 Å². The van der Waals surface area contributed by atoms with Gasteiger partial charge in [-0.1, -0.05) is 15.9 Å². The smallest absolute Gasteiger partial charge is 0.310 e. The molecular formula is C31H33BrO12. The molecular weight excluding hydrogens is 644 g/mol. The zero-order valence-corrected chi connectivity index (χ0v) is 26.2. The van der Waals surface area contributed by atoms with E-state index in [1.54, 1.807) is 12.1 Å². The average molecular weight is 677 g/mol. The molecule has 0 spiro atoms. The summed E-state index contributed by atoms with van der Waals surface area (Å²) in [7, 11) is 2.89. The molecule has 13 heteroatoms. The maximum atomic E-state index is 13.6. The Hall–Kier alpha value is -3.71. The molecule has 1 aliphatic carbocycles. The van der Waals surface area contributed by atoms with E-state index in [1.807, 2.05) is 12.1 Å². The standard InChI is InChI=1S/C31H33BrO12/c1-13(33)39-11-25-22(43-14(2)34)9-19(32)30(44-25)27-17-8-21-20(41-12-42-21)7-16(17)26(28-18(27)10-40-31(28)36)15-5-23(37-3)29(35)24(6-15)38-4/h5-8,18-19,22,25-28,30,35H,9-12H2,1-4H3/t18?,19-,22+,25-,26?,27?,28?,30+/m1/s1. The van der Waals surface area contributed by atoms with E-state index in [2.05, 4.69) is 15.9 Å². The number of benzene rings is 2. The normalized spacial score (nSPS) is 30.1. The predicted octanol–water partition coefficient (Wildman–Crippen LogP) is 3.57. The zero-order valence-electron chi connectivity index (χ0n) is 24.6. The van der Waals surface area contributed by atoms with Crippen molar-refractivity contribution in [1.29, 1.82) is 0 Å². The van der Waals surface area contributed by atoms with E-state index in [9.17, 15) is 19.5 Å². The largest absolute Gasteiger partial charge is 0.502 e. The highest BCUT2D eigenvalue weighted by Gasteiger charge is 2.57. The van der Waals surface area contributed by atoms with Gasteiger partial charge in [0, 0.05) is 42.8 Å². The van der Waals surface area contributed by atoms with E-state index >= 15 is 0 Å². The molecule has 0 bridgehead atoms. The molecule has 0 radical (unpaired) electrons. The number of fused-ring (bicyclic) bond motifs is 3. The second kappa shape index (κ2) is 12.0. The van der Waals surface area contributed by atoms with Crippen molar-refractivity contribution in [3.8, 4) is 28.7 Å². The molecule has 6 rings (SSSR count). The van der Waals surface area contributed by atoms with Gasteiger partial charge in [-0.05, 0) is 41.0 Å². The van der Waals surface area contributed by atoms with Crippen molar-refractivity contribution in [2.45, 2.75) is 55.2 Å². The summed E-state index contributed by atoms with van der Waals surface area (Å²) in [5, 5.41) is 10.6. The van der Waals surface area contributed by atoms with Gasteiger partial charge in [-0.3, -0.25) is 14.4 Å². The van der Waals surface area contributed by atoms with Gasteiger partial charge >= 0.3 is 17.9 Å². The molecule has 0 amide bonds. The number of carbonyl (C=O) groups is 3. The molecule has 8 atom stereocenters. The molecule has 3 heterocycles. The monoisotopic (exact) mass is 676 g/mol. The topological polar surface area (TPSA) is 145 Å². The average Bonchev–Trinajstić information content (AvgIpc) is 3.60. The summed E-state index contributed by atoms with van der Waals surface area (Å²) in [6.45, 7) is 2.71. The first-order valence-corrected chi connectivity index (χ1v) is 15.2. The van der Waals surface area contributed by atoms with Crippen LogP contribution in [0.15, 0.2) is 24.3 Å². The van der Waals surface area contributed by atoms with E-state index in [4.69, 9.17) is 37.9 Å². The lowest BCUT2D eigenvalue weighted by Gasteiger charge is -2.47. The fraction of sp³-hybridized carbons (Fsp3) is 0.516. The van der Waals surface area contributed by atoms with Crippen LogP contribution in [0.2, 0.25) is 0 Å². The molecule has 2 fully saturated rings. The Bertz CT molecular complexity index is 1450. The highest BCUT2D eigenvalue weighted by molar-refractivity contribution is 9.09. The van der Waals surface area contributed by atoms with Gasteiger partial charge in [-0.25, -0.2) is 0 Å². The number of hydrogen-bond donors (Lipinski definition) is 1. The molecule has 2 aromatic carbocycles. The Morgan fingerprint density at radius 1 is 0.955 bits per heavy atom. The molecule has 2 saturated heterocycles. The maximum absolute atomic E-state index is 13.6. The Morgan fingerprint density at radius 3 is 2.23 bits per heavy atom. The van der Waals surface area contributed by atoms with Crippen LogP contribution in [0.3, 0.4) is 0 Å². The lowest BCUT2D eigenvalue weighted by atomic mass is 9.61. The minimum atomic E-state index is -0.737. The molecule has 3 aliphatic heterocycles. The van der Waals surface area contributed by atoms with Crippen molar-refractivity contribution in [3.05, 3.63) is 41.0 Å². The summed E-state index contributed by atoms with van der Waals surface area (Å²) in [6.07, 6.45) is -1.55. The number of esters is 3. The number of hydrogen-bond acceptors (Lipinski definition) is 12. The fourth-order valence-corrected chi connectivity index (χ4v) is 7.82. The van der Waals surface area contributed by atoms with E-state index in [0.29, 0.717) is 23.5 Å². The molecule has 44 heavy (non-hydrogen) atoms. The first-order chi connectivity index (χ1) is 21.1. The highest BCUT2D eigenvalue weighted by Crippen LogP contribution is 2.58. The summed E-state index contributed by atoms with van der Waals surface area (Å²) in [5.41, 5.74) is 2.36. The fourth-order valence-electron chi connectivity index (χ4n) is 7.00. The highest BCUT2D eigenvalue weighted by atomic mass is 79.9. The van der Waals surface area contributed by atoms with Gasteiger partial charge in [0.25, 0.3) is 0 Å². The number of rotatable bonds is 7. The van der Waals surface area contributed by atoms with Crippen molar-refractivity contribution in [2.75, 3.05) is 34.2 Å². The van der Waals surface area contributed by atoms with Gasteiger partial charge in [0.2, 0.25) is 12.5 Å². The second-order valence-electron chi connectivity index (χ2n) is 11.3. The van der Waals surface area contributed by atoms with Crippen molar-refractivity contribution in [1.82, 2.24) is 0 Å². The number of ether oxygens (including phenoxy) is 8. The van der Waals surface area contributed by atoms with Gasteiger partial charge in [-0.2, -0.15) is 0 Å². The molecule has 0 saturated carbocycles. The van der Waals surface area contributed by atoms with Gasteiger partial charge < -0.3 is 43.0 Å². The first kappa shape index (κ1) is 30.3. The number of carbonyl (C=O) groups excluding carboxylic acids is 3. The lowest BCUT2D eigenvalue weighted by molar-refractivity contribution is -0.183. The maximum Gasteiger partial charge on any atom is 0.310 e. The van der Waals surface area contributed by atoms with Crippen molar-refractivity contribution < 1.29 is 57.4 Å². The minimum Gasteiger partial charge on any atom is -0.502 e. The van der Waals surface area contributed by atoms with Crippen LogP contribution in [-0.4, -0.2) is 80.4 Å². The number of phenolic OH excluding ortho intramolecular Hbond substituents is 1. The number of aromatic hydroxyl groups is 1. The second-order valence-corrected chi connectivity index (χ2v) is 12.4. The Balaban J connectivity index is 1.48. The quantitative estimate of drug-likeness (QED) is 0.260. The van der Waals surface area contributed by atoms with Crippen molar-refractivity contribution >= 4 is 33.8 Å². The van der Waals surface area contributed by atoms with E-state index in [1.165, 1.54) is 28.1 Å². The van der Waals surface area contributed by atoms with Gasteiger partial charge in [0.1, 0.15) is 18.8 Å². The van der Waals surface area contributed by atoms with Gasteiger partial charge in [0.15, 0.2) is 23.0 Å². The van der Waals surface area contributed by atoms with Crippen molar-refractivity contribution in [2.24, 2.45) is 11.8 Å². The van der Waals surface area contributed by atoms with Crippen LogP contribution in [0.1, 0.15) is 48.8 Å². The third kappa shape index (κ3) is 5.29. The molecule has 1 N–H and O–H groups in total.